The minimum absolute atomic E-state index is 0.123. The van der Waals surface area contributed by atoms with Crippen molar-refractivity contribution in [2.24, 2.45) is 0 Å². The maximum absolute atomic E-state index is 9.02. The zero-order chi connectivity index (χ0) is 13.5. The van der Waals surface area contributed by atoms with E-state index in [9.17, 15) is 0 Å². The Morgan fingerprint density at radius 2 is 1.58 bits per heavy atom. The van der Waals surface area contributed by atoms with Crippen molar-refractivity contribution in [3.05, 3.63) is 35.4 Å². The summed E-state index contributed by atoms with van der Waals surface area (Å²) in [7, 11) is 1.76. The van der Waals surface area contributed by atoms with Crippen molar-refractivity contribution in [3.63, 3.8) is 0 Å². The maximum atomic E-state index is 9.02. The summed E-state index contributed by atoms with van der Waals surface area (Å²) >= 11 is 0. The van der Waals surface area contributed by atoms with Gasteiger partial charge < -0.3 is 9.84 Å². The quantitative estimate of drug-likeness (QED) is 0.829. The fourth-order valence-corrected chi connectivity index (χ4v) is 2.40. The first kappa shape index (κ1) is 14.5. The van der Waals surface area contributed by atoms with Gasteiger partial charge in [0, 0.05) is 46.4 Å². The Hall–Kier alpha value is -0.940. The monoisotopic (exact) mass is 264 g/mol. The van der Waals surface area contributed by atoms with E-state index < -0.39 is 0 Å². The van der Waals surface area contributed by atoms with Crippen LogP contribution in [0.1, 0.15) is 11.1 Å². The molecule has 1 heterocycles. The molecule has 1 saturated heterocycles. The maximum Gasteiger partial charge on any atom is 0.0681 e. The molecule has 1 aliphatic heterocycles. The van der Waals surface area contributed by atoms with Gasteiger partial charge in [0.2, 0.25) is 0 Å². The van der Waals surface area contributed by atoms with Crippen LogP contribution in [0.4, 0.5) is 0 Å². The number of hydrogen-bond acceptors (Lipinski definition) is 4. The van der Waals surface area contributed by atoms with Gasteiger partial charge in [-0.3, -0.25) is 9.80 Å². The highest BCUT2D eigenvalue weighted by Crippen LogP contribution is 2.10. The summed E-state index contributed by atoms with van der Waals surface area (Å²) in [5.41, 5.74) is 2.30. The van der Waals surface area contributed by atoms with Crippen LogP contribution in [0.25, 0.3) is 0 Å². The van der Waals surface area contributed by atoms with Crippen molar-refractivity contribution in [1.29, 1.82) is 0 Å². The number of methoxy groups -OCH3 is 1. The molecule has 19 heavy (non-hydrogen) atoms. The summed E-state index contributed by atoms with van der Waals surface area (Å²) in [4.78, 5) is 4.94. The number of aliphatic hydroxyl groups is 1. The van der Waals surface area contributed by atoms with Crippen molar-refractivity contribution >= 4 is 0 Å². The van der Waals surface area contributed by atoms with E-state index in [1.165, 1.54) is 5.56 Å². The highest BCUT2D eigenvalue weighted by Gasteiger charge is 2.16. The van der Waals surface area contributed by atoms with Gasteiger partial charge in [-0.2, -0.15) is 0 Å². The topological polar surface area (TPSA) is 35.9 Å². The van der Waals surface area contributed by atoms with Crippen LogP contribution in [-0.2, 0) is 17.9 Å². The molecule has 1 aromatic rings. The lowest BCUT2D eigenvalue weighted by molar-refractivity contribution is 0.0938. The Morgan fingerprint density at radius 1 is 1.00 bits per heavy atom. The second-order valence-electron chi connectivity index (χ2n) is 5.09. The van der Waals surface area contributed by atoms with E-state index in [0.717, 1.165) is 51.4 Å². The predicted octanol–water partition coefficient (Wildman–Crippen LogP) is 0.943. The SMILES string of the molecule is COCCN1CCN(Cc2ccc(CO)cc2)CC1. The average Bonchev–Trinajstić information content (AvgIpc) is 2.47. The standard InChI is InChI=1S/C15H24N2O2/c1-19-11-10-16-6-8-17(9-7-16)12-14-2-4-15(13-18)5-3-14/h2-5,18H,6-13H2,1H3. The molecule has 0 radical (unpaired) electrons. The van der Waals surface area contributed by atoms with E-state index in [1.807, 2.05) is 12.1 Å². The van der Waals surface area contributed by atoms with Crippen LogP contribution >= 0.6 is 0 Å². The third-order valence-electron chi connectivity index (χ3n) is 3.69. The van der Waals surface area contributed by atoms with Crippen LogP contribution in [0.5, 0.6) is 0 Å². The van der Waals surface area contributed by atoms with Gasteiger partial charge in [-0.25, -0.2) is 0 Å². The van der Waals surface area contributed by atoms with E-state index >= 15 is 0 Å². The average molecular weight is 264 g/mol. The largest absolute Gasteiger partial charge is 0.392 e. The number of hydrogen-bond donors (Lipinski definition) is 1. The van der Waals surface area contributed by atoms with Gasteiger partial charge in [0.15, 0.2) is 0 Å². The lowest BCUT2D eigenvalue weighted by Gasteiger charge is -2.34. The molecule has 106 valence electrons. The van der Waals surface area contributed by atoms with Crippen LogP contribution in [0.15, 0.2) is 24.3 Å². The van der Waals surface area contributed by atoms with Crippen molar-refractivity contribution in [1.82, 2.24) is 9.80 Å². The van der Waals surface area contributed by atoms with E-state index in [4.69, 9.17) is 9.84 Å². The normalized spacial score (nSPS) is 17.8. The molecule has 2 rings (SSSR count). The van der Waals surface area contributed by atoms with Crippen molar-refractivity contribution in [2.45, 2.75) is 13.2 Å². The zero-order valence-electron chi connectivity index (χ0n) is 11.7. The number of benzene rings is 1. The first-order chi connectivity index (χ1) is 9.31. The third-order valence-corrected chi connectivity index (χ3v) is 3.69. The molecule has 1 fully saturated rings. The van der Waals surface area contributed by atoms with Crippen molar-refractivity contribution < 1.29 is 9.84 Å². The molecule has 4 heteroatoms. The minimum Gasteiger partial charge on any atom is -0.392 e. The molecule has 0 aromatic heterocycles. The lowest BCUT2D eigenvalue weighted by atomic mass is 10.1. The Bertz CT molecular complexity index is 359. The zero-order valence-corrected chi connectivity index (χ0v) is 11.7. The minimum atomic E-state index is 0.123. The third kappa shape index (κ3) is 4.58. The molecular weight excluding hydrogens is 240 g/mol. The van der Waals surface area contributed by atoms with Crippen LogP contribution in [-0.4, -0.2) is 61.3 Å². The van der Waals surface area contributed by atoms with Crippen LogP contribution in [0.2, 0.25) is 0 Å². The lowest BCUT2D eigenvalue weighted by Crippen LogP contribution is -2.46. The first-order valence-corrected chi connectivity index (χ1v) is 6.94. The molecule has 0 bridgehead atoms. The fraction of sp³-hybridized carbons (Fsp3) is 0.600. The van der Waals surface area contributed by atoms with Crippen molar-refractivity contribution in [3.8, 4) is 0 Å². The van der Waals surface area contributed by atoms with Gasteiger partial charge in [-0.1, -0.05) is 24.3 Å². The van der Waals surface area contributed by atoms with Gasteiger partial charge in [0.1, 0.15) is 0 Å². The highest BCUT2D eigenvalue weighted by molar-refractivity contribution is 5.21. The van der Waals surface area contributed by atoms with Crippen LogP contribution < -0.4 is 0 Å². The fourth-order valence-electron chi connectivity index (χ4n) is 2.40. The first-order valence-electron chi connectivity index (χ1n) is 6.94. The smallest absolute Gasteiger partial charge is 0.0681 e. The summed E-state index contributed by atoms with van der Waals surface area (Å²) in [6.45, 7) is 7.47. The summed E-state index contributed by atoms with van der Waals surface area (Å²) in [5, 5.41) is 9.02. The van der Waals surface area contributed by atoms with Crippen LogP contribution in [0.3, 0.4) is 0 Å². The molecule has 0 saturated carbocycles. The molecule has 0 atom stereocenters. The number of ether oxygens (including phenoxy) is 1. The summed E-state index contributed by atoms with van der Waals surface area (Å²) in [5.74, 6) is 0. The summed E-state index contributed by atoms with van der Waals surface area (Å²) in [6, 6.07) is 8.24. The Kier molecular flexibility index (Phi) is 5.79. The molecule has 1 aromatic carbocycles. The van der Waals surface area contributed by atoms with E-state index in [-0.39, 0.29) is 6.61 Å². The number of nitrogens with zero attached hydrogens (tertiary/aromatic N) is 2. The van der Waals surface area contributed by atoms with Crippen LogP contribution in [0, 0.1) is 0 Å². The number of piperazine rings is 1. The Labute approximate surface area is 115 Å². The molecule has 4 nitrogen and oxygen atoms in total. The number of rotatable bonds is 6. The van der Waals surface area contributed by atoms with E-state index in [0.29, 0.717) is 0 Å². The molecule has 0 amide bonds. The van der Waals surface area contributed by atoms with Gasteiger partial charge in [0.25, 0.3) is 0 Å². The Balaban J connectivity index is 1.75. The molecular formula is C15H24N2O2. The molecule has 1 aliphatic rings. The highest BCUT2D eigenvalue weighted by atomic mass is 16.5. The summed E-state index contributed by atoms with van der Waals surface area (Å²) in [6.07, 6.45) is 0. The Morgan fingerprint density at radius 3 is 2.16 bits per heavy atom. The second kappa shape index (κ2) is 7.60. The van der Waals surface area contributed by atoms with E-state index in [1.54, 1.807) is 7.11 Å². The van der Waals surface area contributed by atoms with Gasteiger partial charge in [-0.05, 0) is 11.1 Å². The molecule has 0 aliphatic carbocycles. The number of aliphatic hydroxyl groups excluding tert-OH is 1. The van der Waals surface area contributed by atoms with Crippen molar-refractivity contribution in [2.75, 3.05) is 46.4 Å². The molecule has 0 unspecified atom stereocenters. The van der Waals surface area contributed by atoms with Gasteiger partial charge in [-0.15, -0.1) is 0 Å². The van der Waals surface area contributed by atoms with E-state index in [2.05, 4.69) is 21.9 Å². The van der Waals surface area contributed by atoms with Gasteiger partial charge in [0.05, 0.1) is 13.2 Å². The molecule has 0 spiro atoms. The predicted molar refractivity (Wildman–Crippen MR) is 76.0 cm³/mol. The molecule has 1 N–H and O–H groups in total. The van der Waals surface area contributed by atoms with Gasteiger partial charge >= 0.3 is 0 Å². The summed E-state index contributed by atoms with van der Waals surface area (Å²) < 4.78 is 5.11. The second-order valence-corrected chi connectivity index (χ2v) is 5.09.